The summed E-state index contributed by atoms with van der Waals surface area (Å²) < 4.78 is 0. The molecular formula is C30H57NO4. The fourth-order valence-electron chi connectivity index (χ4n) is 4.14. The first-order valence-electron chi connectivity index (χ1n) is 14.7. The Hall–Kier alpha value is -1.17. The number of hydrogen-bond acceptors (Lipinski definition) is 4. The number of allylic oxidation sites excluding steroid dienone is 3. The van der Waals surface area contributed by atoms with Crippen molar-refractivity contribution < 1.29 is 20.1 Å². The van der Waals surface area contributed by atoms with Crippen molar-refractivity contribution >= 4 is 5.91 Å². The normalized spacial score (nSPS) is 14.5. The second-order valence-corrected chi connectivity index (χ2v) is 9.95. The molecule has 3 atom stereocenters. The number of hydrogen-bond donors (Lipinski definition) is 4. The van der Waals surface area contributed by atoms with Crippen molar-refractivity contribution in [2.45, 2.75) is 154 Å². The number of nitrogens with one attached hydrogen (secondary N) is 1. The van der Waals surface area contributed by atoms with E-state index in [2.05, 4.69) is 31.3 Å². The van der Waals surface area contributed by atoms with Crippen LogP contribution in [0.2, 0.25) is 0 Å². The molecule has 206 valence electrons. The molecule has 0 saturated carbocycles. The number of unbranched alkanes of at least 4 members (excludes halogenated alkanes) is 15. The predicted molar refractivity (Wildman–Crippen MR) is 148 cm³/mol. The average Bonchev–Trinajstić information content (AvgIpc) is 2.86. The first-order valence-corrected chi connectivity index (χ1v) is 14.7. The molecule has 4 N–H and O–H groups in total. The van der Waals surface area contributed by atoms with Crippen LogP contribution in [-0.4, -0.2) is 46.1 Å². The number of amides is 1. The molecule has 0 aromatic rings. The van der Waals surface area contributed by atoms with Crippen LogP contribution in [0.5, 0.6) is 0 Å². The van der Waals surface area contributed by atoms with Gasteiger partial charge in [-0.05, 0) is 32.1 Å². The van der Waals surface area contributed by atoms with E-state index in [1.165, 1.54) is 77.0 Å². The highest BCUT2D eigenvalue weighted by molar-refractivity contribution is 5.80. The minimum absolute atomic E-state index is 0.375. The molecule has 35 heavy (non-hydrogen) atoms. The van der Waals surface area contributed by atoms with Gasteiger partial charge in [0.05, 0.1) is 18.8 Å². The van der Waals surface area contributed by atoms with E-state index in [-0.39, 0.29) is 6.61 Å². The molecule has 0 aromatic carbocycles. The van der Waals surface area contributed by atoms with E-state index in [9.17, 15) is 20.1 Å². The average molecular weight is 496 g/mol. The largest absolute Gasteiger partial charge is 0.394 e. The zero-order valence-electron chi connectivity index (χ0n) is 22.9. The molecule has 0 heterocycles. The maximum atomic E-state index is 12.2. The van der Waals surface area contributed by atoms with Gasteiger partial charge in [0.15, 0.2) is 0 Å². The van der Waals surface area contributed by atoms with Crippen LogP contribution in [0.3, 0.4) is 0 Å². The Morgan fingerprint density at radius 2 is 1.17 bits per heavy atom. The third kappa shape index (κ3) is 21.8. The summed E-state index contributed by atoms with van der Waals surface area (Å²) >= 11 is 0. The van der Waals surface area contributed by atoms with Crippen LogP contribution in [0.25, 0.3) is 0 Å². The van der Waals surface area contributed by atoms with Crippen LogP contribution in [0.15, 0.2) is 24.3 Å². The number of aliphatic hydroxyl groups excluding tert-OH is 3. The summed E-state index contributed by atoms with van der Waals surface area (Å²) in [5.41, 5.74) is 0. The molecule has 0 bridgehead atoms. The SMILES string of the molecule is CCCCCCCCC/C=C/CC/C=C/C(O)C(CO)NC(=O)C(O)CCCCCCCCCC. The van der Waals surface area contributed by atoms with Gasteiger partial charge in [-0.3, -0.25) is 4.79 Å². The Kier molecular flexibility index (Phi) is 25.0. The lowest BCUT2D eigenvalue weighted by Crippen LogP contribution is -2.48. The van der Waals surface area contributed by atoms with Gasteiger partial charge in [0.2, 0.25) is 5.91 Å². The highest BCUT2D eigenvalue weighted by Crippen LogP contribution is 2.11. The Morgan fingerprint density at radius 3 is 1.74 bits per heavy atom. The van der Waals surface area contributed by atoms with Crippen molar-refractivity contribution in [2.24, 2.45) is 0 Å². The Morgan fingerprint density at radius 1 is 0.686 bits per heavy atom. The van der Waals surface area contributed by atoms with Crippen LogP contribution < -0.4 is 5.32 Å². The number of rotatable bonds is 25. The second-order valence-electron chi connectivity index (χ2n) is 9.95. The molecule has 0 saturated heterocycles. The third-order valence-corrected chi connectivity index (χ3v) is 6.54. The first-order chi connectivity index (χ1) is 17.1. The van der Waals surface area contributed by atoms with Gasteiger partial charge in [0.1, 0.15) is 6.10 Å². The van der Waals surface area contributed by atoms with Crippen LogP contribution in [0.4, 0.5) is 0 Å². The number of carbonyl (C=O) groups is 1. The lowest BCUT2D eigenvalue weighted by Gasteiger charge is -2.21. The van der Waals surface area contributed by atoms with Crippen LogP contribution in [-0.2, 0) is 4.79 Å². The van der Waals surface area contributed by atoms with E-state index < -0.39 is 24.2 Å². The summed E-state index contributed by atoms with van der Waals surface area (Å²) in [6, 6.07) is -0.806. The minimum atomic E-state index is -1.10. The molecular weight excluding hydrogens is 438 g/mol. The summed E-state index contributed by atoms with van der Waals surface area (Å²) in [6.07, 6.45) is 27.6. The van der Waals surface area contributed by atoms with Gasteiger partial charge in [-0.2, -0.15) is 0 Å². The van der Waals surface area contributed by atoms with Crippen molar-refractivity contribution in [3.63, 3.8) is 0 Å². The Balaban J connectivity index is 3.92. The first kappa shape index (κ1) is 33.8. The quantitative estimate of drug-likeness (QED) is 0.0833. The number of carbonyl (C=O) groups excluding carboxylic acids is 1. The van der Waals surface area contributed by atoms with Gasteiger partial charge in [0, 0.05) is 0 Å². The molecule has 5 heteroatoms. The fraction of sp³-hybridized carbons (Fsp3) is 0.833. The van der Waals surface area contributed by atoms with Crippen molar-refractivity contribution in [3.05, 3.63) is 24.3 Å². The molecule has 1 amide bonds. The number of aliphatic hydroxyl groups is 3. The summed E-state index contributed by atoms with van der Waals surface area (Å²) in [5.74, 6) is -0.521. The van der Waals surface area contributed by atoms with E-state index in [1.54, 1.807) is 6.08 Å². The Labute approximate surface area is 216 Å². The van der Waals surface area contributed by atoms with Crippen molar-refractivity contribution in [2.75, 3.05) is 6.61 Å². The molecule has 5 nitrogen and oxygen atoms in total. The molecule has 0 fully saturated rings. The van der Waals surface area contributed by atoms with Crippen LogP contribution in [0, 0.1) is 0 Å². The van der Waals surface area contributed by atoms with E-state index >= 15 is 0 Å². The Bertz CT molecular complexity index is 520. The van der Waals surface area contributed by atoms with E-state index in [4.69, 9.17) is 0 Å². The van der Waals surface area contributed by atoms with Gasteiger partial charge in [-0.1, -0.05) is 128 Å². The second kappa shape index (κ2) is 25.9. The topological polar surface area (TPSA) is 89.8 Å². The van der Waals surface area contributed by atoms with Crippen molar-refractivity contribution in [1.82, 2.24) is 5.32 Å². The van der Waals surface area contributed by atoms with Crippen molar-refractivity contribution in [3.8, 4) is 0 Å². The maximum absolute atomic E-state index is 12.2. The van der Waals surface area contributed by atoms with E-state index in [1.807, 2.05) is 6.08 Å². The van der Waals surface area contributed by atoms with Crippen LogP contribution >= 0.6 is 0 Å². The summed E-state index contributed by atoms with van der Waals surface area (Å²) in [4.78, 5) is 12.2. The van der Waals surface area contributed by atoms with Crippen LogP contribution in [0.1, 0.15) is 136 Å². The molecule has 0 radical (unpaired) electrons. The van der Waals surface area contributed by atoms with Gasteiger partial charge in [0.25, 0.3) is 0 Å². The highest BCUT2D eigenvalue weighted by Gasteiger charge is 2.22. The lowest BCUT2D eigenvalue weighted by molar-refractivity contribution is -0.131. The van der Waals surface area contributed by atoms with Crippen molar-refractivity contribution in [1.29, 1.82) is 0 Å². The van der Waals surface area contributed by atoms with Gasteiger partial charge >= 0.3 is 0 Å². The molecule has 0 aromatic heterocycles. The van der Waals surface area contributed by atoms with Gasteiger partial charge < -0.3 is 20.6 Å². The van der Waals surface area contributed by atoms with Gasteiger partial charge in [-0.15, -0.1) is 0 Å². The maximum Gasteiger partial charge on any atom is 0.249 e. The fourth-order valence-corrected chi connectivity index (χ4v) is 4.14. The molecule has 0 spiro atoms. The zero-order chi connectivity index (χ0) is 26.0. The summed E-state index contributed by atoms with van der Waals surface area (Å²) in [7, 11) is 0. The van der Waals surface area contributed by atoms with Gasteiger partial charge in [-0.25, -0.2) is 0 Å². The predicted octanol–water partition coefficient (Wildman–Crippen LogP) is 6.75. The molecule has 0 aliphatic carbocycles. The third-order valence-electron chi connectivity index (χ3n) is 6.54. The zero-order valence-corrected chi connectivity index (χ0v) is 22.9. The monoisotopic (exact) mass is 495 g/mol. The van der Waals surface area contributed by atoms with E-state index in [0.717, 1.165) is 38.5 Å². The summed E-state index contributed by atoms with van der Waals surface area (Å²) in [5, 5.41) is 32.6. The van der Waals surface area contributed by atoms with E-state index in [0.29, 0.717) is 6.42 Å². The minimum Gasteiger partial charge on any atom is -0.394 e. The standard InChI is InChI=1S/C30H57NO4/c1-3-5-7-9-11-13-14-15-16-17-19-20-22-24-28(33)27(26-32)31-30(35)29(34)25-23-21-18-12-10-8-6-4-2/h16-17,22,24,27-29,32-34H,3-15,18-21,23,25-26H2,1-2H3,(H,31,35)/b17-16+,24-22+. The molecule has 0 aliphatic rings. The molecule has 0 aliphatic heterocycles. The highest BCUT2D eigenvalue weighted by atomic mass is 16.3. The summed E-state index contributed by atoms with van der Waals surface area (Å²) in [6.45, 7) is 4.08. The smallest absolute Gasteiger partial charge is 0.249 e. The molecule has 0 rings (SSSR count). The molecule has 3 unspecified atom stereocenters. The lowest BCUT2D eigenvalue weighted by atomic mass is 10.0.